The van der Waals surface area contributed by atoms with Crippen LogP contribution in [0.4, 0.5) is 10.1 Å². The maximum absolute atomic E-state index is 13.5. The molecule has 3 aromatic carbocycles. The van der Waals surface area contributed by atoms with Gasteiger partial charge in [0.2, 0.25) is 6.23 Å². The Bertz CT molecular complexity index is 1240. The number of nitrogens with zero attached hydrogens (tertiary/aromatic N) is 3. The molecule has 3 aromatic rings. The largest absolute Gasteiger partial charge is 0.490 e. The number of hydrogen-bond donors (Lipinski definition) is 0. The minimum atomic E-state index is -0.586. The van der Waals surface area contributed by atoms with Gasteiger partial charge in [0.25, 0.3) is 5.69 Å². The van der Waals surface area contributed by atoms with E-state index in [0.717, 1.165) is 22.6 Å². The van der Waals surface area contributed by atoms with Crippen LogP contribution in [-0.4, -0.2) is 22.3 Å². The van der Waals surface area contributed by atoms with Gasteiger partial charge in [-0.3, -0.25) is 10.1 Å². The van der Waals surface area contributed by atoms with E-state index in [1.54, 1.807) is 35.4 Å². The SMILES string of the molecule is C=CCOc1ccc(C2=NN3[C@@H](c4ccc(F)cc4)Oc4ccc([N+](=O)[O-])cc4[C@@H]3C2)cc1. The Morgan fingerprint density at radius 3 is 2.64 bits per heavy atom. The van der Waals surface area contributed by atoms with Gasteiger partial charge in [-0.1, -0.05) is 24.8 Å². The maximum Gasteiger partial charge on any atom is 0.270 e. The Balaban J connectivity index is 1.53. The monoisotopic (exact) mass is 445 g/mol. The van der Waals surface area contributed by atoms with Gasteiger partial charge in [-0.15, -0.1) is 0 Å². The third kappa shape index (κ3) is 3.91. The van der Waals surface area contributed by atoms with Crippen LogP contribution < -0.4 is 9.47 Å². The number of hydrogen-bond acceptors (Lipinski definition) is 6. The fraction of sp³-hybridized carbons (Fsp3) is 0.160. The molecule has 2 aliphatic heterocycles. The van der Waals surface area contributed by atoms with Crippen LogP contribution in [0.15, 0.2) is 84.5 Å². The van der Waals surface area contributed by atoms with E-state index in [1.807, 2.05) is 24.3 Å². The van der Waals surface area contributed by atoms with E-state index in [-0.39, 0.29) is 17.5 Å². The van der Waals surface area contributed by atoms with E-state index in [9.17, 15) is 14.5 Å². The number of benzene rings is 3. The Kier molecular flexibility index (Phi) is 5.26. The van der Waals surface area contributed by atoms with Crippen molar-refractivity contribution in [2.24, 2.45) is 5.10 Å². The lowest BCUT2D eigenvalue weighted by molar-refractivity contribution is -0.385. The zero-order valence-electron chi connectivity index (χ0n) is 17.6. The Morgan fingerprint density at radius 2 is 1.94 bits per heavy atom. The summed E-state index contributed by atoms with van der Waals surface area (Å²) >= 11 is 0. The fourth-order valence-corrected chi connectivity index (χ4v) is 4.11. The van der Waals surface area contributed by atoms with Crippen molar-refractivity contribution in [2.45, 2.75) is 18.7 Å². The average molecular weight is 445 g/mol. The highest BCUT2D eigenvalue weighted by Gasteiger charge is 2.41. The van der Waals surface area contributed by atoms with Gasteiger partial charge in [0, 0.05) is 29.7 Å². The van der Waals surface area contributed by atoms with Gasteiger partial charge in [0.15, 0.2) is 0 Å². The fourth-order valence-electron chi connectivity index (χ4n) is 4.11. The highest BCUT2D eigenvalue weighted by atomic mass is 19.1. The first-order valence-corrected chi connectivity index (χ1v) is 10.4. The molecular weight excluding hydrogens is 425 g/mol. The Morgan fingerprint density at radius 1 is 1.18 bits per heavy atom. The molecule has 2 aliphatic rings. The molecule has 7 nitrogen and oxygen atoms in total. The topological polar surface area (TPSA) is 77.2 Å². The molecule has 0 saturated carbocycles. The third-order valence-electron chi connectivity index (χ3n) is 5.69. The number of rotatable bonds is 6. The molecule has 0 fully saturated rings. The first kappa shape index (κ1) is 20.7. The van der Waals surface area contributed by atoms with Gasteiger partial charge in [0.1, 0.15) is 23.9 Å². The van der Waals surface area contributed by atoms with Crippen LogP contribution >= 0.6 is 0 Å². The van der Waals surface area contributed by atoms with Crippen molar-refractivity contribution in [3.8, 4) is 11.5 Å². The number of halogens is 1. The molecule has 0 aliphatic carbocycles. The molecule has 0 bridgehead atoms. The smallest absolute Gasteiger partial charge is 0.270 e. The van der Waals surface area contributed by atoms with Crippen LogP contribution in [0.2, 0.25) is 0 Å². The van der Waals surface area contributed by atoms with Gasteiger partial charge >= 0.3 is 0 Å². The summed E-state index contributed by atoms with van der Waals surface area (Å²) in [6.45, 7) is 4.06. The Labute approximate surface area is 189 Å². The summed E-state index contributed by atoms with van der Waals surface area (Å²) < 4.78 is 25.3. The number of non-ortho nitro benzene ring substituents is 1. The number of nitro benzene ring substituents is 1. The van der Waals surface area contributed by atoms with Crippen LogP contribution in [0.5, 0.6) is 11.5 Å². The van der Waals surface area contributed by atoms with Crippen molar-refractivity contribution in [3.05, 3.63) is 112 Å². The van der Waals surface area contributed by atoms with Crippen LogP contribution in [0.1, 0.15) is 35.4 Å². The predicted octanol–water partition coefficient (Wildman–Crippen LogP) is 5.54. The molecule has 0 unspecified atom stereocenters. The van der Waals surface area contributed by atoms with Crippen molar-refractivity contribution >= 4 is 11.4 Å². The van der Waals surface area contributed by atoms with Crippen molar-refractivity contribution < 1.29 is 18.8 Å². The molecule has 0 aromatic heterocycles. The summed E-state index contributed by atoms with van der Waals surface area (Å²) in [4.78, 5) is 10.9. The standard InChI is InChI=1S/C25H20FN3O4/c1-2-13-32-20-10-5-16(6-11-20)22-15-23-21-14-19(29(30)31)9-12-24(21)33-25(28(23)27-22)17-3-7-18(26)8-4-17/h2-12,14,23,25H,1,13,15H2/t23-,25+/m0/s1. The van der Waals surface area contributed by atoms with E-state index >= 15 is 0 Å². The van der Waals surface area contributed by atoms with Crippen molar-refractivity contribution in [1.29, 1.82) is 0 Å². The van der Waals surface area contributed by atoms with E-state index < -0.39 is 11.2 Å². The molecular formula is C25H20FN3O4. The molecule has 0 radical (unpaired) electrons. The summed E-state index contributed by atoms with van der Waals surface area (Å²) in [5.74, 6) is 0.941. The van der Waals surface area contributed by atoms with Gasteiger partial charge in [-0.2, -0.15) is 5.10 Å². The summed E-state index contributed by atoms with van der Waals surface area (Å²) in [5.41, 5.74) is 3.18. The number of fused-ring (bicyclic) bond motifs is 3. The third-order valence-corrected chi connectivity index (χ3v) is 5.69. The molecule has 5 rings (SSSR count). The van der Waals surface area contributed by atoms with Crippen molar-refractivity contribution in [1.82, 2.24) is 5.01 Å². The molecule has 0 amide bonds. The lowest BCUT2D eigenvalue weighted by atomic mass is 9.95. The number of nitro groups is 1. The average Bonchev–Trinajstić information content (AvgIpc) is 3.28. The first-order chi connectivity index (χ1) is 16.0. The van der Waals surface area contributed by atoms with Crippen LogP contribution in [0, 0.1) is 15.9 Å². The highest BCUT2D eigenvalue weighted by Crippen LogP contribution is 2.48. The second kappa shape index (κ2) is 8.38. The van der Waals surface area contributed by atoms with Gasteiger partial charge in [-0.25, -0.2) is 9.40 Å². The minimum absolute atomic E-state index is 0.00491. The normalized spacial score (nSPS) is 18.6. The second-order valence-electron chi connectivity index (χ2n) is 7.77. The maximum atomic E-state index is 13.5. The van der Waals surface area contributed by atoms with Gasteiger partial charge < -0.3 is 9.47 Å². The summed E-state index contributed by atoms with van der Waals surface area (Å²) in [7, 11) is 0. The first-order valence-electron chi connectivity index (χ1n) is 10.4. The predicted molar refractivity (Wildman–Crippen MR) is 121 cm³/mol. The lowest BCUT2D eigenvalue weighted by Crippen LogP contribution is -2.33. The van der Waals surface area contributed by atoms with Crippen molar-refractivity contribution in [2.75, 3.05) is 6.61 Å². The molecule has 33 heavy (non-hydrogen) atoms. The minimum Gasteiger partial charge on any atom is -0.490 e. The van der Waals surface area contributed by atoms with Gasteiger partial charge in [0.05, 0.1) is 16.7 Å². The van der Waals surface area contributed by atoms with E-state index in [0.29, 0.717) is 24.3 Å². The highest BCUT2D eigenvalue weighted by molar-refractivity contribution is 6.02. The number of ether oxygens (including phenoxy) is 2. The molecule has 166 valence electrons. The molecule has 2 heterocycles. The van der Waals surface area contributed by atoms with Gasteiger partial charge in [-0.05, 0) is 48.0 Å². The van der Waals surface area contributed by atoms with Crippen LogP contribution in [0.25, 0.3) is 0 Å². The van der Waals surface area contributed by atoms with Crippen LogP contribution in [-0.2, 0) is 0 Å². The lowest BCUT2D eigenvalue weighted by Gasteiger charge is -2.38. The van der Waals surface area contributed by atoms with Crippen LogP contribution in [0.3, 0.4) is 0 Å². The van der Waals surface area contributed by atoms with E-state index in [4.69, 9.17) is 14.6 Å². The Hall–Kier alpha value is -4.20. The summed E-state index contributed by atoms with van der Waals surface area (Å²) in [5, 5.41) is 18.0. The quantitative estimate of drug-likeness (QED) is 0.283. The number of hydrazone groups is 1. The molecule has 2 atom stereocenters. The van der Waals surface area contributed by atoms with Crippen molar-refractivity contribution in [3.63, 3.8) is 0 Å². The zero-order chi connectivity index (χ0) is 22.9. The molecule has 8 heteroatoms. The molecule has 0 spiro atoms. The van der Waals surface area contributed by atoms with E-state index in [1.165, 1.54) is 18.2 Å². The zero-order valence-corrected chi connectivity index (χ0v) is 17.6. The molecule has 0 saturated heterocycles. The van der Waals surface area contributed by atoms with E-state index in [2.05, 4.69) is 6.58 Å². The summed E-state index contributed by atoms with van der Waals surface area (Å²) in [6, 6.07) is 18.0. The molecule has 0 N–H and O–H groups in total. The summed E-state index contributed by atoms with van der Waals surface area (Å²) in [6.07, 6.45) is 1.64. The second-order valence-corrected chi connectivity index (χ2v) is 7.77.